The van der Waals surface area contributed by atoms with Gasteiger partial charge >= 0.3 is 0 Å². The average molecular weight is 247 g/mol. The molecule has 0 radical (unpaired) electrons. The molecule has 0 spiro atoms. The number of halogens is 1. The lowest BCUT2D eigenvalue weighted by molar-refractivity contribution is 0.114. The van der Waals surface area contributed by atoms with Gasteiger partial charge in [-0.3, -0.25) is 9.80 Å². The summed E-state index contributed by atoms with van der Waals surface area (Å²) in [4.78, 5) is 4.48. The molecule has 1 saturated heterocycles. The van der Waals surface area contributed by atoms with E-state index in [2.05, 4.69) is 15.9 Å². The van der Waals surface area contributed by atoms with Gasteiger partial charge in [-0.25, -0.2) is 4.39 Å². The molecule has 1 fully saturated rings. The molecule has 0 N–H and O–H groups in total. The topological polar surface area (TPSA) is 30.3 Å². The minimum Gasteiger partial charge on any atom is -0.297 e. The maximum atomic E-state index is 13.1. The van der Waals surface area contributed by atoms with Crippen molar-refractivity contribution in [3.8, 4) is 6.07 Å². The molecular weight excluding hydrogens is 229 g/mol. The quantitative estimate of drug-likeness (QED) is 0.816. The van der Waals surface area contributed by atoms with Crippen LogP contribution in [-0.4, -0.2) is 42.0 Å². The molecule has 4 heteroatoms. The second-order valence-electron chi connectivity index (χ2n) is 4.75. The summed E-state index contributed by atoms with van der Waals surface area (Å²) < 4.78 is 13.1. The standard InChI is InChI=1S/C14H18FN3/c1-12(10-16)18-7-5-17(6-8-18)11-13-3-2-4-14(15)9-13/h2-4,9,12H,5-8,11H2,1H3. The predicted octanol–water partition coefficient (Wildman–Crippen LogP) is 1.86. The Bertz CT molecular complexity index is 433. The van der Waals surface area contributed by atoms with Crippen molar-refractivity contribution in [3.05, 3.63) is 35.6 Å². The SMILES string of the molecule is CC(C#N)N1CCN(Cc2cccc(F)c2)CC1. The van der Waals surface area contributed by atoms with E-state index >= 15 is 0 Å². The molecule has 1 aliphatic rings. The number of hydrogen-bond donors (Lipinski definition) is 0. The summed E-state index contributed by atoms with van der Waals surface area (Å²) in [6.45, 7) is 6.40. The predicted molar refractivity (Wildman–Crippen MR) is 68.3 cm³/mol. The molecule has 0 saturated carbocycles. The van der Waals surface area contributed by atoms with Gasteiger partial charge in [0.2, 0.25) is 0 Å². The largest absolute Gasteiger partial charge is 0.297 e. The van der Waals surface area contributed by atoms with Gasteiger partial charge in [-0.15, -0.1) is 0 Å². The van der Waals surface area contributed by atoms with Gasteiger partial charge in [-0.2, -0.15) is 5.26 Å². The van der Waals surface area contributed by atoms with E-state index in [0.717, 1.165) is 38.3 Å². The van der Waals surface area contributed by atoms with Crippen LogP contribution in [0.2, 0.25) is 0 Å². The molecule has 0 amide bonds. The number of benzene rings is 1. The molecule has 2 rings (SSSR count). The lowest BCUT2D eigenvalue weighted by Crippen LogP contribution is -2.48. The van der Waals surface area contributed by atoms with Crippen LogP contribution in [0.5, 0.6) is 0 Å². The van der Waals surface area contributed by atoms with E-state index in [9.17, 15) is 4.39 Å². The van der Waals surface area contributed by atoms with E-state index in [1.807, 2.05) is 13.0 Å². The first-order chi connectivity index (χ1) is 8.69. The minimum atomic E-state index is -0.177. The Hall–Kier alpha value is -1.44. The Morgan fingerprint density at radius 2 is 2.06 bits per heavy atom. The van der Waals surface area contributed by atoms with Crippen LogP contribution in [0.3, 0.4) is 0 Å². The molecule has 96 valence electrons. The summed E-state index contributed by atoms with van der Waals surface area (Å²) in [5.41, 5.74) is 1.01. The van der Waals surface area contributed by atoms with Crippen molar-refractivity contribution in [2.75, 3.05) is 26.2 Å². The molecule has 1 aliphatic heterocycles. The molecule has 18 heavy (non-hydrogen) atoms. The highest BCUT2D eigenvalue weighted by atomic mass is 19.1. The van der Waals surface area contributed by atoms with E-state index in [1.165, 1.54) is 6.07 Å². The van der Waals surface area contributed by atoms with E-state index in [1.54, 1.807) is 12.1 Å². The van der Waals surface area contributed by atoms with Gasteiger partial charge in [-0.1, -0.05) is 12.1 Å². The molecule has 0 aliphatic carbocycles. The molecule has 1 heterocycles. The van der Waals surface area contributed by atoms with E-state index in [0.29, 0.717) is 0 Å². The fourth-order valence-electron chi connectivity index (χ4n) is 2.28. The first kappa shape index (κ1) is 13.0. The number of nitrogens with zero attached hydrogens (tertiary/aromatic N) is 3. The highest BCUT2D eigenvalue weighted by Crippen LogP contribution is 2.11. The summed E-state index contributed by atoms with van der Waals surface area (Å²) in [7, 11) is 0. The molecule has 1 unspecified atom stereocenters. The van der Waals surface area contributed by atoms with Crippen LogP contribution >= 0.6 is 0 Å². The molecule has 0 aromatic heterocycles. The number of hydrogen-bond acceptors (Lipinski definition) is 3. The third kappa shape index (κ3) is 3.28. The van der Waals surface area contributed by atoms with Crippen LogP contribution in [0.1, 0.15) is 12.5 Å². The van der Waals surface area contributed by atoms with Crippen molar-refractivity contribution in [3.63, 3.8) is 0 Å². The summed E-state index contributed by atoms with van der Waals surface area (Å²) in [5.74, 6) is -0.177. The lowest BCUT2D eigenvalue weighted by atomic mass is 10.2. The zero-order chi connectivity index (χ0) is 13.0. The maximum Gasteiger partial charge on any atom is 0.123 e. The van der Waals surface area contributed by atoms with Crippen LogP contribution in [0.4, 0.5) is 4.39 Å². The molecule has 1 aromatic carbocycles. The highest BCUT2D eigenvalue weighted by Gasteiger charge is 2.20. The third-order valence-corrected chi connectivity index (χ3v) is 3.44. The summed E-state index contributed by atoms with van der Waals surface area (Å²) in [6, 6.07) is 9.01. The first-order valence-electron chi connectivity index (χ1n) is 6.29. The van der Waals surface area contributed by atoms with Gasteiger partial charge in [0.05, 0.1) is 12.1 Å². The van der Waals surface area contributed by atoms with E-state index < -0.39 is 0 Å². The van der Waals surface area contributed by atoms with Crippen molar-refractivity contribution in [2.45, 2.75) is 19.5 Å². The average Bonchev–Trinajstić information content (AvgIpc) is 2.39. The van der Waals surface area contributed by atoms with Gasteiger partial charge in [0, 0.05) is 32.7 Å². The number of piperazine rings is 1. The fraction of sp³-hybridized carbons (Fsp3) is 0.500. The van der Waals surface area contributed by atoms with E-state index in [-0.39, 0.29) is 11.9 Å². The first-order valence-corrected chi connectivity index (χ1v) is 6.29. The molecule has 3 nitrogen and oxygen atoms in total. The molecular formula is C14H18FN3. The minimum absolute atomic E-state index is 0.0127. The summed E-state index contributed by atoms with van der Waals surface area (Å²) in [5, 5.41) is 8.87. The Morgan fingerprint density at radius 1 is 1.33 bits per heavy atom. The summed E-state index contributed by atoms with van der Waals surface area (Å²) in [6.07, 6.45) is 0. The van der Waals surface area contributed by atoms with Gasteiger partial charge in [0.25, 0.3) is 0 Å². The van der Waals surface area contributed by atoms with Crippen molar-refractivity contribution >= 4 is 0 Å². The number of nitriles is 1. The highest BCUT2D eigenvalue weighted by molar-refractivity contribution is 5.16. The molecule has 1 aromatic rings. The van der Waals surface area contributed by atoms with Crippen LogP contribution < -0.4 is 0 Å². The number of rotatable bonds is 3. The van der Waals surface area contributed by atoms with Crippen LogP contribution in [-0.2, 0) is 6.54 Å². The second kappa shape index (κ2) is 5.94. The van der Waals surface area contributed by atoms with Gasteiger partial charge in [0.15, 0.2) is 0 Å². The Balaban J connectivity index is 1.86. The third-order valence-electron chi connectivity index (χ3n) is 3.44. The summed E-state index contributed by atoms with van der Waals surface area (Å²) >= 11 is 0. The van der Waals surface area contributed by atoms with E-state index in [4.69, 9.17) is 5.26 Å². The Kier molecular flexibility index (Phi) is 4.29. The van der Waals surface area contributed by atoms with Gasteiger partial charge in [0.1, 0.15) is 5.82 Å². The Labute approximate surface area is 107 Å². The normalized spacial score (nSPS) is 19.4. The van der Waals surface area contributed by atoms with Crippen molar-refractivity contribution in [1.82, 2.24) is 9.80 Å². The van der Waals surface area contributed by atoms with Gasteiger partial charge < -0.3 is 0 Å². The maximum absolute atomic E-state index is 13.1. The van der Waals surface area contributed by atoms with Crippen molar-refractivity contribution < 1.29 is 4.39 Å². The van der Waals surface area contributed by atoms with Crippen LogP contribution in [0.25, 0.3) is 0 Å². The van der Waals surface area contributed by atoms with Crippen LogP contribution in [0, 0.1) is 17.1 Å². The lowest BCUT2D eigenvalue weighted by Gasteiger charge is -2.35. The zero-order valence-electron chi connectivity index (χ0n) is 10.6. The molecule has 1 atom stereocenters. The smallest absolute Gasteiger partial charge is 0.123 e. The van der Waals surface area contributed by atoms with Crippen molar-refractivity contribution in [1.29, 1.82) is 5.26 Å². The second-order valence-corrected chi connectivity index (χ2v) is 4.75. The fourth-order valence-corrected chi connectivity index (χ4v) is 2.28. The monoisotopic (exact) mass is 247 g/mol. The Morgan fingerprint density at radius 3 is 2.67 bits per heavy atom. The zero-order valence-corrected chi connectivity index (χ0v) is 10.6. The van der Waals surface area contributed by atoms with Crippen molar-refractivity contribution in [2.24, 2.45) is 0 Å². The van der Waals surface area contributed by atoms with Gasteiger partial charge in [-0.05, 0) is 24.6 Å². The molecule has 0 bridgehead atoms. The van der Waals surface area contributed by atoms with Crippen LogP contribution in [0.15, 0.2) is 24.3 Å².